The number of halogens is 1. The second-order valence-electron chi connectivity index (χ2n) is 6.86. The van der Waals surface area contributed by atoms with Crippen LogP contribution >= 0.6 is 0 Å². The van der Waals surface area contributed by atoms with Crippen molar-refractivity contribution in [3.05, 3.63) is 35.6 Å². The average Bonchev–Trinajstić information content (AvgIpc) is 3.28. The number of carbonyl (C=O) groups excluding carboxylic acids is 2. The van der Waals surface area contributed by atoms with Gasteiger partial charge in [-0.3, -0.25) is 19.2 Å². The van der Waals surface area contributed by atoms with Crippen LogP contribution in [0.25, 0.3) is 0 Å². The van der Waals surface area contributed by atoms with Crippen molar-refractivity contribution in [1.82, 2.24) is 14.7 Å². The number of amidine groups is 1. The molecule has 3 heterocycles. The first-order chi connectivity index (χ1) is 12.5. The molecule has 7 nitrogen and oxygen atoms in total. The fraction of sp³-hybridized carbons (Fsp3) is 0.444. The summed E-state index contributed by atoms with van der Waals surface area (Å²) in [5.74, 6) is 0.593. The van der Waals surface area contributed by atoms with Gasteiger partial charge in [0, 0.05) is 14.1 Å². The van der Waals surface area contributed by atoms with Gasteiger partial charge in [-0.05, 0) is 30.5 Å². The molecular formula is C18H21FN5O2+. The fourth-order valence-electron chi connectivity index (χ4n) is 3.70. The molecule has 26 heavy (non-hydrogen) atoms. The van der Waals surface area contributed by atoms with Crippen LogP contribution in [0.5, 0.6) is 0 Å². The number of fused-ring (bicyclic) bond motifs is 1. The Hall–Kier alpha value is -2.77. The van der Waals surface area contributed by atoms with Crippen LogP contribution in [0.15, 0.2) is 29.3 Å². The standard InChI is InChI=1S/C18H21FN5O2/c1-21-15-14(16(25)22(2)18(21)26)24(11-12-5-7-13(19)8-6-12)17(20-15)23-9-3-4-10-23/h5-8,14H,3-4,9-11H2,1-2H3/q+1. The Morgan fingerprint density at radius 1 is 1.12 bits per heavy atom. The molecule has 3 aliphatic heterocycles. The summed E-state index contributed by atoms with van der Waals surface area (Å²) in [5, 5.41) is 0. The minimum atomic E-state index is -0.636. The van der Waals surface area contributed by atoms with Crippen molar-refractivity contribution in [3.63, 3.8) is 0 Å². The number of nitrogens with zero attached hydrogens (tertiary/aromatic N) is 5. The van der Waals surface area contributed by atoms with E-state index in [1.807, 2.05) is 4.90 Å². The van der Waals surface area contributed by atoms with Crippen molar-refractivity contribution in [3.8, 4) is 0 Å². The molecule has 1 aromatic carbocycles. The highest BCUT2D eigenvalue weighted by Crippen LogP contribution is 2.25. The molecule has 3 aliphatic rings. The third-order valence-corrected chi connectivity index (χ3v) is 5.16. The topological polar surface area (TPSA) is 59.2 Å². The molecule has 3 amide bonds. The highest BCUT2D eigenvalue weighted by Gasteiger charge is 2.55. The summed E-state index contributed by atoms with van der Waals surface area (Å²) in [6, 6.07) is 5.22. The Kier molecular flexibility index (Phi) is 3.97. The summed E-state index contributed by atoms with van der Waals surface area (Å²) < 4.78 is 15.4. The summed E-state index contributed by atoms with van der Waals surface area (Å²) in [6.45, 7) is 2.17. The number of guanidine groups is 1. The normalized spacial score (nSPS) is 23.1. The van der Waals surface area contributed by atoms with Crippen LogP contribution in [0.4, 0.5) is 9.18 Å². The van der Waals surface area contributed by atoms with Crippen molar-refractivity contribution in [1.29, 1.82) is 0 Å². The van der Waals surface area contributed by atoms with Gasteiger partial charge in [-0.15, -0.1) is 0 Å². The molecule has 0 bridgehead atoms. The maximum absolute atomic E-state index is 13.2. The summed E-state index contributed by atoms with van der Waals surface area (Å²) in [5.41, 5.74) is 0.884. The Morgan fingerprint density at radius 2 is 1.77 bits per heavy atom. The maximum Gasteiger partial charge on any atom is 0.392 e. The van der Waals surface area contributed by atoms with Crippen molar-refractivity contribution in [2.75, 3.05) is 27.2 Å². The number of carbonyl (C=O) groups is 2. The maximum atomic E-state index is 13.2. The largest absolute Gasteiger partial charge is 0.392 e. The molecule has 0 aromatic heterocycles. The molecule has 0 aliphatic carbocycles. The molecule has 0 saturated carbocycles. The predicted octanol–water partition coefficient (Wildman–Crippen LogP) is 1.09. The minimum Gasteiger partial charge on any atom is -0.270 e. The van der Waals surface area contributed by atoms with Crippen LogP contribution in [0, 0.1) is 5.82 Å². The second-order valence-corrected chi connectivity index (χ2v) is 6.86. The van der Waals surface area contributed by atoms with Crippen LogP contribution in [-0.4, -0.2) is 76.2 Å². The molecule has 0 N–H and O–H groups in total. The highest BCUT2D eigenvalue weighted by atomic mass is 19.1. The number of benzene rings is 1. The third-order valence-electron chi connectivity index (χ3n) is 5.16. The molecule has 8 heteroatoms. The number of amides is 3. The SMILES string of the molecule is CN1C(=O)C2C(=NC(=[N+]3CCCC3)N2Cc2ccc(F)cc2)N(C)C1=O. The molecule has 2 fully saturated rings. The van der Waals surface area contributed by atoms with Crippen LogP contribution < -0.4 is 0 Å². The Labute approximate surface area is 151 Å². The zero-order chi connectivity index (χ0) is 18.4. The molecule has 0 radical (unpaired) electrons. The lowest BCUT2D eigenvalue weighted by Gasteiger charge is -2.33. The highest BCUT2D eigenvalue weighted by molar-refractivity contribution is 6.25. The van der Waals surface area contributed by atoms with Crippen LogP contribution in [0.1, 0.15) is 18.4 Å². The first-order valence-corrected chi connectivity index (χ1v) is 8.74. The van der Waals surface area contributed by atoms with Crippen molar-refractivity contribution < 1.29 is 18.6 Å². The Bertz CT molecular complexity index is 824. The number of aliphatic imine (C=N–C) groups is 1. The van der Waals surface area contributed by atoms with E-state index in [4.69, 9.17) is 0 Å². The van der Waals surface area contributed by atoms with Crippen molar-refractivity contribution in [2.45, 2.75) is 25.4 Å². The zero-order valence-corrected chi connectivity index (χ0v) is 14.9. The van der Waals surface area contributed by atoms with E-state index in [0.29, 0.717) is 12.4 Å². The molecule has 1 aromatic rings. The number of hydrogen-bond acceptors (Lipinski definition) is 2. The quantitative estimate of drug-likeness (QED) is 0.744. The van der Waals surface area contributed by atoms with Gasteiger partial charge in [0.25, 0.3) is 5.91 Å². The van der Waals surface area contributed by atoms with Gasteiger partial charge in [0.05, 0.1) is 19.6 Å². The third kappa shape index (κ3) is 2.56. The number of urea groups is 1. The van der Waals surface area contributed by atoms with Gasteiger partial charge < -0.3 is 0 Å². The average molecular weight is 358 g/mol. The number of likely N-dealkylation sites (N-methyl/N-ethyl adjacent to an activating group) is 2. The smallest absolute Gasteiger partial charge is 0.270 e. The lowest BCUT2D eigenvalue weighted by molar-refractivity contribution is -0.512. The molecule has 1 unspecified atom stereocenters. The van der Waals surface area contributed by atoms with Gasteiger partial charge in [0.1, 0.15) is 5.82 Å². The first kappa shape index (κ1) is 16.7. The van der Waals surface area contributed by atoms with E-state index in [1.54, 1.807) is 19.2 Å². The molecular weight excluding hydrogens is 337 g/mol. The monoisotopic (exact) mass is 358 g/mol. The zero-order valence-electron chi connectivity index (χ0n) is 14.9. The Morgan fingerprint density at radius 3 is 2.42 bits per heavy atom. The van der Waals surface area contributed by atoms with Gasteiger partial charge >= 0.3 is 12.0 Å². The lowest BCUT2D eigenvalue weighted by Crippen LogP contribution is -2.62. The Balaban J connectivity index is 1.76. The van der Waals surface area contributed by atoms with E-state index in [-0.39, 0.29) is 17.8 Å². The van der Waals surface area contributed by atoms with Crippen molar-refractivity contribution in [2.24, 2.45) is 4.99 Å². The molecule has 0 spiro atoms. The molecule has 2 saturated heterocycles. The van der Waals surface area contributed by atoms with E-state index >= 15 is 0 Å². The molecule has 4 rings (SSSR count). The first-order valence-electron chi connectivity index (χ1n) is 8.74. The van der Waals surface area contributed by atoms with Crippen LogP contribution in [0.3, 0.4) is 0 Å². The van der Waals surface area contributed by atoms with Crippen LogP contribution in [-0.2, 0) is 11.3 Å². The predicted molar refractivity (Wildman–Crippen MR) is 93.3 cm³/mol. The van der Waals surface area contributed by atoms with E-state index in [0.717, 1.165) is 42.4 Å². The van der Waals surface area contributed by atoms with Crippen LogP contribution in [0.2, 0.25) is 0 Å². The van der Waals surface area contributed by atoms with E-state index in [1.165, 1.54) is 24.1 Å². The lowest BCUT2D eigenvalue weighted by atomic mass is 10.1. The molecule has 136 valence electrons. The summed E-state index contributed by atoms with van der Waals surface area (Å²) in [6.07, 6.45) is 2.15. The fourth-order valence-corrected chi connectivity index (χ4v) is 3.70. The van der Waals surface area contributed by atoms with Gasteiger partial charge in [-0.2, -0.15) is 0 Å². The summed E-state index contributed by atoms with van der Waals surface area (Å²) >= 11 is 0. The van der Waals surface area contributed by atoms with Crippen molar-refractivity contribution >= 4 is 23.7 Å². The summed E-state index contributed by atoms with van der Waals surface area (Å²) in [7, 11) is 3.13. The number of hydrogen-bond donors (Lipinski definition) is 0. The van der Waals surface area contributed by atoms with E-state index in [9.17, 15) is 14.0 Å². The second kappa shape index (κ2) is 6.19. The van der Waals surface area contributed by atoms with E-state index < -0.39 is 6.04 Å². The number of imide groups is 1. The van der Waals surface area contributed by atoms with Gasteiger partial charge in [0.15, 0.2) is 0 Å². The minimum absolute atomic E-state index is 0.289. The van der Waals surface area contributed by atoms with E-state index in [2.05, 4.69) is 9.57 Å². The van der Waals surface area contributed by atoms with Gasteiger partial charge in [0.2, 0.25) is 11.9 Å². The summed E-state index contributed by atoms with van der Waals surface area (Å²) in [4.78, 5) is 34.3. The van der Waals surface area contributed by atoms with Gasteiger partial charge in [-0.1, -0.05) is 17.1 Å². The molecule has 1 atom stereocenters. The van der Waals surface area contributed by atoms with Gasteiger partial charge in [-0.25, -0.2) is 14.1 Å². The number of rotatable bonds is 2.